The van der Waals surface area contributed by atoms with Crippen LogP contribution in [0, 0.1) is 0 Å². The van der Waals surface area contributed by atoms with Crippen LogP contribution in [0.3, 0.4) is 0 Å². The van der Waals surface area contributed by atoms with Gasteiger partial charge in [-0.05, 0) is 30.7 Å². The zero-order valence-electron chi connectivity index (χ0n) is 7.86. The summed E-state index contributed by atoms with van der Waals surface area (Å²) in [4.78, 5) is 0. The molecule has 0 radical (unpaired) electrons. The molecule has 0 atom stereocenters. The molecule has 2 nitrogen and oxygen atoms in total. The van der Waals surface area contributed by atoms with Crippen LogP contribution in [0.25, 0.3) is 6.08 Å². The molecule has 0 amide bonds. The zero-order valence-corrected chi connectivity index (χ0v) is 7.86. The molecule has 13 heavy (non-hydrogen) atoms. The molecule has 1 aromatic carbocycles. The number of hydrogen-bond donors (Lipinski definition) is 1. The maximum atomic E-state index is 5.37. The van der Waals surface area contributed by atoms with Crippen molar-refractivity contribution in [1.82, 2.24) is 0 Å². The molecular weight excluding hydrogens is 162 g/mol. The summed E-state index contributed by atoms with van der Waals surface area (Å²) in [6.07, 6.45) is 5.03. The molecule has 2 heteroatoms. The Bertz CT molecular complexity index is 281. The van der Waals surface area contributed by atoms with Gasteiger partial charge in [0.05, 0.1) is 7.11 Å². The summed E-state index contributed by atoms with van der Waals surface area (Å²) in [5, 5.41) is 0. The van der Waals surface area contributed by atoms with Gasteiger partial charge in [-0.25, -0.2) is 0 Å². The smallest absolute Gasteiger partial charge is 0.119 e. The minimum atomic E-state index is 0.695. The first kappa shape index (κ1) is 9.81. The van der Waals surface area contributed by atoms with Crippen LogP contribution in [0.1, 0.15) is 12.0 Å². The lowest BCUT2D eigenvalue weighted by Crippen LogP contribution is -1.94. The summed E-state index contributed by atoms with van der Waals surface area (Å²) < 4.78 is 5.10. The second-order valence-corrected chi connectivity index (χ2v) is 2.76. The van der Waals surface area contributed by atoms with Gasteiger partial charge in [-0.15, -0.1) is 0 Å². The average Bonchev–Trinajstić information content (AvgIpc) is 2.19. The van der Waals surface area contributed by atoms with Gasteiger partial charge in [-0.1, -0.05) is 24.3 Å². The minimum Gasteiger partial charge on any atom is -0.497 e. The maximum absolute atomic E-state index is 5.37. The van der Waals surface area contributed by atoms with Gasteiger partial charge >= 0.3 is 0 Å². The standard InChI is InChI=1S/C11H15NO/c1-13-11-7-4-6-10(9-11)5-2-3-8-12/h2,4-7,9H,3,8,12H2,1H3/b5-2+. The third kappa shape index (κ3) is 3.30. The fourth-order valence-electron chi connectivity index (χ4n) is 1.06. The molecule has 0 fully saturated rings. The van der Waals surface area contributed by atoms with Crippen LogP contribution in [0.15, 0.2) is 30.3 Å². The summed E-state index contributed by atoms with van der Waals surface area (Å²) in [5.74, 6) is 0.884. The Morgan fingerprint density at radius 2 is 2.31 bits per heavy atom. The van der Waals surface area contributed by atoms with E-state index in [1.54, 1.807) is 7.11 Å². The van der Waals surface area contributed by atoms with Gasteiger partial charge in [-0.2, -0.15) is 0 Å². The highest BCUT2D eigenvalue weighted by molar-refractivity contribution is 5.51. The Labute approximate surface area is 79.0 Å². The molecule has 1 rings (SSSR count). The normalized spacial score (nSPS) is 10.6. The van der Waals surface area contributed by atoms with Gasteiger partial charge < -0.3 is 10.5 Å². The lowest BCUT2D eigenvalue weighted by Gasteiger charge is -1.99. The monoisotopic (exact) mass is 177 g/mol. The van der Waals surface area contributed by atoms with Gasteiger partial charge in [0.1, 0.15) is 5.75 Å². The average molecular weight is 177 g/mol. The summed E-state index contributed by atoms with van der Waals surface area (Å²) in [7, 11) is 1.67. The van der Waals surface area contributed by atoms with Gasteiger partial charge in [0.15, 0.2) is 0 Å². The van der Waals surface area contributed by atoms with Crippen LogP contribution in [-0.4, -0.2) is 13.7 Å². The van der Waals surface area contributed by atoms with Gasteiger partial charge in [0.2, 0.25) is 0 Å². The number of hydrogen-bond acceptors (Lipinski definition) is 2. The van der Waals surface area contributed by atoms with E-state index in [4.69, 9.17) is 10.5 Å². The molecule has 1 aromatic rings. The number of ether oxygens (including phenoxy) is 1. The molecule has 0 heterocycles. The molecule has 0 saturated carbocycles. The highest BCUT2D eigenvalue weighted by Crippen LogP contribution is 2.13. The molecule has 0 unspecified atom stereocenters. The van der Waals surface area contributed by atoms with Gasteiger partial charge in [0, 0.05) is 0 Å². The van der Waals surface area contributed by atoms with E-state index in [9.17, 15) is 0 Å². The van der Waals surface area contributed by atoms with Crippen LogP contribution < -0.4 is 10.5 Å². The molecule has 0 aromatic heterocycles. The van der Waals surface area contributed by atoms with Crippen LogP contribution in [0.2, 0.25) is 0 Å². The van der Waals surface area contributed by atoms with Gasteiger partial charge in [-0.3, -0.25) is 0 Å². The molecule has 0 bridgehead atoms. The Morgan fingerprint density at radius 1 is 1.46 bits per heavy atom. The quantitative estimate of drug-likeness (QED) is 0.764. The molecule has 0 spiro atoms. The van der Waals surface area contributed by atoms with Crippen LogP contribution in [-0.2, 0) is 0 Å². The number of nitrogens with two attached hydrogens (primary N) is 1. The van der Waals surface area contributed by atoms with Crippen molar-refractivity contribution in [2.75, 3.05) is 13.7 Å². The van der Waals surface area contributed by atoms with Crippen molar-refractivity contribution in [3.8, 4) is 5.75 Å². The first-order chi connectivity index (χ1) is 6.36. The minimum absolute atomic E-state index is 0.695. The fraction of sp³-hybridized carbons (Fsp3) is 0.273. The van der Waals surface area contributed by atoms with Crippen molar-refractivity contribution >= 4 is 6.08 Å². The molecule has 0 aliphatic rings. The topological polar surface area (TPSA) is 35.2 Å². The number of methoxy groups -OCH3 is 1. The van der Waals surface area contributed by atoms with E-state index >= 15 is 0 Å². The van der Waals surface area contributed by atoms with Crippen molar-refractivity contribution in [3.63, 3.8) is 0 Å². The van der Waals surface area contributed by atoms with E-state index in [1.807, 2.05) is 24.3 Å². The first-order valence-electron chi connectivity index (χ1n) is 4.37. The zero-order chi connectivity index (χ0) is 9.52. The number of benzene rings is 1. The second-order valence-electron chi connectivity index (χ2n) is 2.76. The number of rotatable bonds is 4. The summed E-state index contributed by atoms with van der Waals surface area (Å²) in [5.41, 5.74) is 6.52. The van der Waals surface area contributed by atoms with Crippen molar-refractivity contribution in [2.24, 2.45) is 5.73 Å². The summed E-state index contributed by atoms with van der Waals surface area (Å²) in [6.45, 7) is 0.695. The molecule has 2 N–H and O–H groups in total. The highest BCUT2D eigenvalue weighted by Gasteiger charge is 1.90. The predicted octanol–water partition coefficient (Wildman–Crippen LogP) is 2.06. The van der Waals surface area contributed by atoms with E-state index < -0.39 is 0 Å². The third-order valence-electron chi connectivity index (χ3n) is 1.74. The van der Waals surface area contributed by atoms with E-state index in [1.165, 1.54) is 0 Å². The largest absolute Gasteiger partial charge is 0.497 e. The van der Waals surface area contributed by atoms with Crippen molar-refractivity contribution in [1.29, 1.82) is 0 Å². The van der Waals surface area contributed by atoms with Crippen LogP contribution in [0.5, 0.6) is 5.75 Å². The van der Waals surface area contributed by atoms with Crippen LogP contribution >= 0.6 is 0 Å². The summed E-state index contributed by atoms with van der Waals surface area (Å²) >= 11 is 0. The van der Waals surface area contributed by atoms with Crippen molar-refractivity contribution in [3.05, 3.63) is 35.9 Å². The van der Waals surface area contributed by atoms with E-state index in [0.29, 0.717) is 6.54 Å². The Balaban J connectivity index is 2.66. The van der Waals surface area contributed by atoms with Crippen LogP contribution in [0.4, 0.5) is 0 Å². The molecular formula is C11H15NO. The Hall–Kier alpha value is -1.28. The lowest BCUT2D eigenvalue weighted by molar-refractivity contribution is 0.414. The highest BCUT2D eigenvalue weighted by atomic mass is 16.5. The van der Waals surface area contributed by atoms with Crippen molar-refractivity contribution in [2.45, 2.75) is 6.42 Å². The van der Waals surface area contributed by atoms with Gasteiger partial charge in [0.25, 0.3) is 0 Å². The molecule has 0 saturated heterocycles. The molecule has 0 aliphatic carbocycles. The molecule has 70 valence electrons. The maximum Gasteiger partial charge on any atom is 0.119 e. The molecule has 0 aliphatic heterocycles. The summed E-state index contributed by atoms with van der Waals surface area (Å²) in [6, 6.07) is 7.93. The SMILES string of the molecule is COc1cccc(/C=C/CCN)c1. The van der Waals surface area contributed by atoms with E-state index in [-0.39, 0.29) is 0 Å². The Kier molecular flexibility index (Phi) is 4.06. The Morgan fingerprint density at radius 3 is 3.00 bits per heavy atom. The first-order valence-corrected chi connectivity index (χ1v) is 4.37. The fourth-order valence-corrected chi connectivity index (χ4v) is 1.06. The predicted molar refractivity (Wildman–Crippen MR) is 55.7 cm³/mol. The van der Waals surface area contributed by atoms with E-state index in [0.717, 1.165) is 17.7 Å². The van der Waals surface area contributed by atoms with Crippen molar-refractivity contribution < 1.29 is 4.74 Å². The lowest BCUT2D eigenvalue weighted by atomic mass is 10.2. The third-order valence-corrected chi connectivity index (χ3v) is 1.74. The van der Waals surface area contributed by atoms with E-state index in [2.05, 4.69) is 12.2 Å². The second kappa shape index (κ2) is 5.38.